The Hall–Kier alpha value is -3.38. The first-order chi connectivity index (χ1) is 16.6. The molecular formula is C28H31N3O3. The van der Waals surface area contributed by atoms with Gasteiger partial charge in [-0.15, -0.1) is 0 Å². The number of amides is 1. The topological polar surface area (TPSA) is 63.7 Å². The second kappa shape index (κ2) is 9.85. The maximum atomic E-state index is 12.7. The summed E-state index contributed by atoms with van der Waals surface area (Å²) in [5, 5.41) is 2.99. The molecule has 1 N–H and O–H groups in total. The van der Waals surface area contributed by atoms with Crippen molar-refractivity contribution in [2.24, 2.45) is 0 Å². The first-order valence-corrected chi connectivity index (χ1v) is 12.0. The van der Waals surface area contributed by atoms with E-state index in [1.807, 2.05) is 54.6 Å². The fraction of sp³-hybridized carbons (Fsp3) is 0.357. The van der Waals surface area contributed by atoms with Crippen LogP contribution in [-0.4, -0.2) is 48.1 Å². The lowest BCUT2D eigenvalue weighted by molar-refractivity contribution is 0.0661. The third kappa shape index (κ3) is 4.92. The number of hydrogen-bond acceptors (Lipinski definition) is 5. The van der Waals surface area contributed by atoms with Crippen molar-refractivity contribution in [3.05, 3.63) is 78.0 Å². The Morgan fingerprint density at radius 2 is 1.79 bits per heavy atom. The second-order valence-corrected chi connectivity index (χ2v) is 9.25. The normalized spacial score (nSPS) is 21.8. The molecule has 3 aromatic rings. The van der Waals surface area contributed by atoms with Crippen LogP contribution in [0, 0.1) is 0 Å². The van der Waals surface area contributed by atoms with E-state index in [1.165, 1.54) is 12.8 Å². The minimum absolute atomic E-state index is 0.146. The molecule has 2 bridgehead atoms. The van der Waals surface area contributed by atoms with Crippen molar-refractivity contribution in [1.82, 2.24) is 15.2 Å². The number of piperidine rings is 1. The SMILES string of the molecule is COc1ccc(-c2ccc(C(=O)NCc3cccc(O[C@H]4C[C@H]5CC[C@@H](C4)N5C)c3)cn2)cc1. The number of carbonyl (C=O) groups excluding carboxylic acids is 1. The quantitative estimate of drug-likeness (QED) is 0.558. The highest BCUT2D eigenvalue weighted by Crippen LogP contribution is 2.36. The zero-order valence-corrected chi connectivity index (χ0v) is 19.7. The van der Waals surface area contributed by atoms with Gasteiger partial charge in [0.1, 0.15) is 17.6 Å². The maximum Gasteiger partial charge on any atom is 0.253 e. The van der Waals surface area contributed by atoms with Crippen LogP contribution in [0.1, 0.15) is 41.6 Å². The third-order valence-corrected chi connectivity index (χ3v) is 7.12. The molecule has 0 spiro atoms. The highest BCUT2D eigenvalue weighted by atomic mass is 16.5. The van der Waals surface area contributed by atoms with Gasteiger partial charge in [-0.25, -0.2) is 0 Å². The Labute approximate surface area is 200 Å². The van der Waals surface area contributed by atoms with Gasteiger partial charge in [0.25, 0.3) is 5.91 Å². The Morgan fingerprint density at radius 3 is 2.47 bits per heavy atom. The lowest BCUT2D eigenvalue weighted by Gasteiger charge is -2.36. The van der Waals surface area contributed by atoms with Crippen LogP contribution >= 0.6 is 0 Å². The molecule has 2 fully saturated rings. The fourth-order valence-electron chi connectivity index (χ4n) is 5.12. The van der Waals surface area contributed by atoms with Gasteiger partial charge < -0.3 is 19.7 Å². The Balaban J connectivity index is 1.16. The Morgan fingerprint density at radius 1 is 1.03 bits per heavy atom. The molecule has 6 nitrogen and oxygen atoms in total. The average molecular weight is 458 g/mol. The van der Waals surface area contributed by atoms with E-state index in [2.05, 4.69) is 22.2 Å². The minimum atomic E-state index is -0.146. The molecule has 34 heavy (non-hydrogen) atoms. The molecule has 2 saturated heterocycles. The van der Waals surface area contributed by atoms with E-state index >= 15 is 0 Å². The summed E-state index contributed by atoms with van der Waals surface area (Å²) in [6.45, 7) is 0.439. The number of aromatic nitrogens is 1. The first-order valence-electron chi connectivity index (χ1n) is 12.0. The molecule has 1 amide bonds. The number of benzene rings is 2. The molecular weight excluding hydrogens is 426 g/mol. The fourth-order valence-corrected chi connectivity index (χ4v) is 5.12. The van der Waals surface area contributed by atoms with Crippen LogP contribution in [0.25, 0.3) is 11.3 Å². The molecule has 0 saturated carbocycles. The van der Waals surface area contributed by atoms with E-state index in [0.717, 1.165) is 41.2 Å². The summed E-state index contributed by atoms with van der Waals surface area (Å²) in [5.41, 5.74) is 3.34. The van der Waals surface area contributed by atoms with Crippen molar-refractivity contribution in [1.29, 1.82) is 0 Å². The molecule has 176 valence electrons. The standard InChI is InChI=1S/C28H31N3O3/c1-31-22-9-10-23(31)16-26(15-22)34-25-5-3-4-19(14-25)17-30-28(32)21-8-13-27(29-18-21)20-6-11-24(33-2)12-7-20/h3-8,11-14,18,22-23,26H,9-10,15-17H2,1-2H3,(H,30,32)/t22-,23+,26+. The van der Waals surface area contributed by atoms with E-state index < -0.39 is 0 Å². The summed E-state index contributed by atoms with van der Waals surface area (Å²) in [6, 6.07) is 20.7. The molecule has 0 aliphatic carbocycles. The molecule has 5 rings (SSSR count). The van der Waals surface area contributed by atoms with Crippen LogP contribution in [0.3, 0.4) is 0 Å². The van der Waals surface area contributed by atoms with Crippen molar-refractivity contribution in [2.75, 3.05) is 14.2 Å². The third-order valence-electron chi connectivity index (χ3n) is 7.12. The summed E-state index contributed by atoms with van der Waals surface area (Å²) in [4.78, 5) is 19.6. The summed E-state index contributed by atoms with van der Waals surface area (Å²) in [7, 11) is 3.88. The molecule has 2 aliphatic rings. The minimum Gasteiger partial charge on any atom is -0.497 e. The van der Waals surface area contributed by atoms with Gasteiger partial charge in [-0.2, -0.15) is 0 Å². The number of fused-ring (bicyclic) bond motifs is 2. The van der Waals surface area contributed by atoms with Crippen molar-refractivity contribution in [3.63, 3.8) is 0 Å². The summed E-state index contributed by atoms with van der Waals surface area (Å²) in [6.07, 6.45) is 6.63. The summed E-state index contributed by atoms with van der Waals surface area (Å²) in [5.74, 6) is 1.53. The number of carbonyl (C=O) groups is 1. The van der Waals surface area contributed by atoms with Crippen LogP contribution in [-0.2, 0) is 6.54 Å². The number of pyridine rings is 1. The molecule has 3 atom stereocenters. The monoisotopic (exact) mass is 457 g/mol. The van der Waals surface area contributed by atoms with Crippen LogP contribution in [0.4, 0.5) is 0 Å². The molecule has 2 aromatic carbocycles. The van der Waals surface area contributed by atoms with Gasteiger partial charge in [0.15, 0.2) is 0 Å². The lowest BCUT2D eigenvalue weighted by atomic mass is 10.0. The number of rotatable bonds is 7. The predicted molar refractivity (Wildman–Crippen MR) is 132 cm³/mol. The van der Waals surface area contributed by atoms with Crippen molar-refractivity contribution in [3.8, 4) is 22.8 Å². The van der Waals surface area contributed by atoms with Gasteiger partial charge in [-0.3, -0.25) is 9.78 Å². The van der Waals surface area contributed by atoms with Crippen LogP contribution in [0.5, 0.6) is 11.5 Å². The Kier molecular flexibility index (Phi) is 6.50. The molecule has 3 heterocycles. The first kappa shape index (κ1) is 22.4. The highest BCUT2D eigenvalue weighted by Gasteiger charge is 2.39. The van der Waals surface area contributed by atoms with E-state index in [-0.39, 0.29) is 12.0 Å². The highest BCUT2D eigenvalue weighted by molar-refractivity contribution is 5.94. The maximum absolute atomic E-state index is 12.7. The zero-order valence-electron chi connectivity index (χ0n) is 19.7. The van der Waals surface area contributed by atoms with Crippen LogP contribution < -0.4 is 14.8 Å². The van der Waals surface area contributed by atoms with Crippen LogP contribution in [0.15, 0.2) is 66.9 Å². The van der Waals surface area contributed by atoms with Crippen molar-refractivity contribution in [2.45, 2.75) is 50.4 Å². The molecule has 0 unspecified atom stereocenters. The van der Waals surface area contributed by atoms with Crippen LogP contribution in [0.2, 0.25) is 0 Å². The van der Waals surface area contributed by atoms with Gasteiger partial charge in [-0.05, 0) is 86.8 Å². The zero-order chi connectivity index (χ0) is 23.5. The van der Waals surface area contributed by atoms with Gasteiger partial charge in [0.05, 0.1) is 18.4 Å². The molecule has 0 radical (unpaired) electrons. The average Bonchev–Trinajstić information content (AvgIpc) is 3.07. The number of hydrogen-bond donors (Lipinski definition) is 1. The summed E-state index contributed by atoms with van der Waals surface area (Å²) >= 11 is 0. The lowest BCUT2D eigenvalue weighted by Crippen LogP contribution is -2.43. The molecule has 6 heteroatoms. The second-order valence-electron chi connectivity index (χ2n) is 9.25. The van der Waals surface area contributed by atoms with E-state index in [4.69, 9.17) is 9.47 Å². The molecule has 2 aliphatic heterocycles. The van der Waals surface area contributed by atoms with Gasteiger partial charge in [0, 0.05) is 30.4 Å². The van der Waals surface area contributed by atoms with Crippen molar-refractivity contribution < 1.29 is 14.3 Å². The number of nitrogens with one attached hydrogen (secondary N) is 1. The number of methoxy groups -OCH3 is 1. The van der Waals surface area contributed by atoms with Gasteiger partial charge in [-0.1, -0.05) is 12.1 Å². The van der Waals surface area contributed by atoms with E-state index in [1.54, 1.807) is 19.4 Å². The summed E-state index contributed by atoms with van der Waals surface area (Å²) < 4.78 is 11.5. The van der Waals surface area contributed by atoms with Crippen molar-refractivity contribution >= 4 is 5.91 Å². The largest absolute Gasteiger partial charge is 0.497 e. The number of ether oxygens (including phenoxy) is 2. The van der Waals surface area contributed by atoms with Gasteiger partial charge >= 0.3 is 0 Å². The molecule has 1 aromatic heterocycles. The predicted octanol–water partition coefficient (Wildman–Crippen LogP) is 4.69. The smallest absolute Gasteiger partial charge is 0.253 e. The van der Waals surface area contributed by atoms with Gasteiger partial charge in [0.2, 0.25) is 0 Å². The Bertz CT molecular complexity index is 1120. The van der Waals surface area contributed by atoms with E-state index in [0.29, 0.717) is 24.2 Å². The number of nitrogens with zero attached hydrogens (tertiary/aromatic N) is 2. The van der Waals surface area contributed by atoms with E-state index in [9.17, 15) is 4.79 Å².